The second kappa shape index (κ2) is 8.06. The monoisotopic (exact) mass is 473 g/mol. The highest BCUT2D eigenvalue weighted by Gasteiger charge is 2.27. The van der Waals surface area contributed by atoms with Crippen molar-refractivity contribution in [2.75, 3.05) is 5.32 Å². The maximum atomic E-state index is 13.2. The number of anilines is 1. The lowest BCUT2D eigenvalue weighted by Gasteiger charge is -2.13. The second-order valence-corrected chi connectivity index (χ2v) is 9.57. The largest absolute Gasteiger partial charge is 0.307 e. The molecular formula is C25H24ClN7O. The van der Waals surface area contributed by atoms with E-state index in [2.05, 4.69) is 37.0 Å². The van der Waals surface area contributed by atoms with Gasteiger partial charge in [-0.05, 0) is 62.9 Å². The van der Waals surface area contributed by atoms with Crippen LogP contribution in [0.1, 0.15) is 65.6 Å². The number of rotatable bonds is 5. The third-order valence-electron chi connectivity index (χ3n) is 6.62. The fourth-order valence-corrected chi connectivity index (χ4v) is 4.89. The van der Waals surface area contributed by atoms with Gasteiger partial charge in [0, 0.05) is 24.6 Å². The Morgan fingerprint density at radius 1 is 1.18 bits per heavy atom. The SMILES string of the molecule is Cc1cc(Cl)c(C(=O)Nc2cccc(-c3nnc4n3[C@@H](C)CC4)n2)cc1-n1cnc(C2CC2)c1. The molecule has 2 aliphatic rings. The molecule has 1 amide bonds. The van der Waals surface area contributed by atoms with E-state index in [0.717, 1.165) is 41.4 Å². The topological polar surface area (TPSA) is 90.5 Å². The number of nitrogens with zero attached hydrogens (tertiary/aromatic N) is 6. The maximum absolute atomic E-state index is 13.2. The number of halogens is 1. The maximum Gasteiger partial charge on any atom is 0.258 e. The Morgan fingerprint density at radius 2 is 2.03 bits per heavy atom. The van der Waals surface area contributed by atoms with E-state index in [0.29, 0.717) is 34.1 Å². The lowest BCUT2D eigenvalue weighted by molar-refractivity contribution is 0.102. The molecule has 6 rings (SSSR count). The number of fused-ring (bicyclic) bond motifs is 1. The predicted molar refractivity (Wildman–Crippen MR) is 130 cm³/mol. The van der Waals surface area contributed by atoms with E-state index in [-0.39, 0.29) is 5.91 Å². The van der Waals surface area contributed by atoms with E-state index in [1.54, 1.807) is 12.4 Å². The number of carbonyl (C=O) groups is 1. The van der Waals surface area contributed by atoms with Crippen molar-refractivity contribution in [1.29, 1.82) is 0 Å². The van der Waals surface area contributed by atoms with Gasteiger partial charge < -0.3 is 14.5 Å². The van der Waals surface area contributed by atoms with Gasteiger partial charge in [-0.1, -0.05) is 17.7 Å². The zero-order valence-electron chi connectivity index (χ0n) is 19.0. The van der Waals surface area contributed by atoms with Crippen molar-refractivity contribution in [3.63, 3.8) is 0 Å². The molecule has 0 saturated heterocycles. The van der Waals surface area contributed by atoms with E-state index in [1.807, 2.05) is 42.0 Å². The molecule has 0 radical (unpaired) electrons. The van der Waals surface area contributed by atoms with Crippen LogP contribution in [0.25, 0.3) is 17.2 Å². The van der Waals surface area contributed by atoms with Gasteiger partial charge in [0.2, 0.25) is 0 Å². The Kier molecular flexibility index (Phi) is 4.99. The number of nitrogens with one attached hydrogen (secondary N) is 1. The smallest absolute Gasteiger partial charge is 0.258 e. The molecule has 1 atom stereocenters. The normalized spacial score (nSPS) is 17.1. The number of imidazole rings is 1. The molecule has 3 aromatic heterocycles. The molecule has 1 saturated carbocycles. The number of carbonyl (C=O) groups excluding carboxylic acids is 1. The average molecular weight is 474 g/mol. The van der Waals surface area contributed by atoms with Crippen LogP contribution in [0.5, 0.6) is 0 Å². The number of benzene rings is 1. The van der Waals surface area contributed by atoms with Gasteiger partial charge in [-0.2, -0.15) is 0 Å². The number of aromatic nitrogens is 6. The molecule has 0 bridgehead atoms. The van der Waals surface area contributed by atoms with Gasteiger partial charge in [0.05, 0.1) is 28.3 Å². The van der Waals surface area contributed by atoms with Gasteiger partial charge in [-0.3, -0.25) is 4.79 Å². The average Bonchev–Trinajstić information content (AvgIpc) is 3.23. The zero-order valence-corrected chi connectivity index (χ0v) is 19.8. The van der Waals surface area contributed by atoms with Crippen molar-refractivity contribution in [2.24, 2.45) is 0 Å². The van der Waals surface area contributed by atoms with Gasteiger partial charge in [0.1, 0.15) is 17.3 Å². The minimum absolute atomic E-state index is 0.321. The summed E-state index contributed by atoms with van der Waals surface area (Å²) in [5.74, 6) is 2.37. The van der Waals surface area contributed by atoms with E-state index >= 15 is 0 Å². The second-order valence-electron chi connectivity index (χ2n) is 9.16. The lowest BCUT2D eigenvalue weighted by Crippen LogP contribution is -2.15. The summed E-state index contributed by atoms with van der Waals surface area (Å²) in [7, 11) is 0. The summed E-state index contributed by atoms with van der Waals surface area (Å²) in [6.45, 7) is 4.13. The highest BCUT2D eigenvalue weighted by molar-refractivity contribution is 6.34. The number of hydrogen-bond donors (Lipinski definition) is 1. The summed E-state index contributed by atoms with van der Waals surface area (Å²) < 4.78 is 4.08. The van der Waals surface area contributed by atoms with E-state index < -0.39 is 0 Å². The van der Waals surface area contributed by atoms with Crippen LogP contribution < -0.4 is 5.32 Å². The van der Waals surface area contributed by atoms with E-state index in [4.69, 9.17) is 11.6 Å². The van der Waals surface area contributed by atoms with Crippen molar-refractivity contribution in [2.45, 2.75) is 51.5 Å². The Balaban J connectivity index is 1.28. The van der Waals surface area contributed by atoms with Crippen LogP contribution in [-0.2, 0) is 6.42 Å². The van der Waals surface area contributed by atoms with Crippen LogP contribution in [0.2, 0.25) is 5.02 Å². The first-order chi connectivity index (χ1) is 16.5. The molecule has 172 valence electrons. The third kappa shape index (κ3) is 3.68. The first kappa shape index (κ1) is 21.0. The van der Waals surface area contributed by atoms with Crippen LogP contribution in [-0.4, -0.2) is 35.2 Å². The van der Waals surface area contributed by atoms with E-state index in [1.165, 1.54) is 12.8 Å². The Bertz CT molecular complexity index is 1420. The molecule has 1 aromatic carbocycles. The van der Waals surface area contributed by atoms with Gasteiger partial charge in [-0.25, -0.2) is 9.97 Å². The van der Waals surface area contributed by atoms with Gasteiger partial charge >= 0.3 is 0 Å². The van der Waals surface area contributed by atoms with Crippen molar-refractivity contribution in [3.05, 3.63) is 70.5 Å². The molecule has 4 heterocycles. The zero-order chi connectivity index (χ0) is 23.4. The van der Waals surface area contributed by atoms with Crippen LogP contribution in [0.3, 0.4) is 0 Å². The number of hydrogen-bond acceptors (Lipinski definition) is 5. The summed E-state index contributed by atoms with van der Waals surface area (Å²) in [6.07, 6.45) is 8.17. The summed E-state index contributed by atoms with van der Waals surface area (Å²) in [4.78, 5) is 22.4. The van der Waals surface area contributed by atoms with Crippen LogP contribution in [0, 0.1) is 6.92 Å². The highest BCUT2D eigenvalue weighted by Crippen LogP contribution is 2.39. The fraction of sp³-hybridized carbons (Fsp3) is 0.320. The molecule has 1 fully saturated rings. The summed E-state index contributed by atoms with van der Waals surface area (Å²) in [5, 5.41) is 11.9. The fourth-order valence-electron chi connectivity index (χ4n) is 4.58. The molecule has 0 unspecified atom stereocenters. The Labute approximate surface area is 202 Å². The minimum Gasteiger partial charge on any atom is -0.307 e. The molecule has 0 spiro atoms. The minimum atomic E-state index is -0.321. The number of pyridine rings is 1. The lowest BCUT2D eigenvalue weighted by atomic mass is 10.1. The highest BCUT2D eigenvalue weighted by atomic mass is 35.5. The molecule has 1 aliphatic heterocycles. The molecular weight excluding hydrogens is 450 g/mol. The molecule has 9 heteroatoms. The quantitative estimate of drug-likeness (QED) is 0.434. The van der Waals surface area contributed by atoms with Crippen LogP contribution in [0.4, 0.5) is 5.82 Å². The van der Waals surface area contributed by atoms with Gasteiger partial charge in [0.15, 0.2) is 5.82 Å². The van der Waals surface area contributed by atoms with Crippen LogP contribution >= 0.6 is 11.6 Å². The van der Waals surface area contributed by atoms with Crippen molar-refractivity contribution < 1.29 is 4.79 Å². The summed E-state index contributed by atoms with van der Waals surface area (Å²) >= 11 is 6.48. The molecule has 34 heavy (non-hydrogen) atoms. The first-order valence-corrected chi connectivity index (χ1v) is 11.9. The molecule has 1 N–H and O–H groups in total. The molecule has 4 aromatic rings. The first-order valence-electron chi connectivity index (χ1n) is 11.5. The van der Waals surface area contributed by atoms with Gasteiger partial charge in [0.25, 0.3) is 5.91 Å². The third-order valence-corrected chi connectivity index (χ3v) is 6.93. The summed E-state index contributed by atoms with van der Waals surface area (Å²) in [6, 6.07) is 9.44. The van der Waals surface area contributed by atoms with Crippen molar-refractivity contribution >= 4 is 23.3 Å². The van der Waals surface area contributed by atoms with Crippen molar-refractivity contribution in [3.8, 4) is 17.2 Å². The van der Waals surface area contributed by atoms with E-state index in [9.17, 15) is 4.79 Å². The molecule has 8 nitrogen and oxygen atoms in total. The predicted octanol–water partition coefficient (Wildman–Crippen LogP) is 5.12. The Hall–Kier alpha value is -3.52. The standard InChI is InChI=1S/C25H24ClN7O/c1-14-10-18(26)17(11-21(14)32-12-20(27-13-32)16-7-8-16)25(34)29-22-5-3-4-19(28-22)24-31-30-23-9-6-15(2)33(23)24/h3-5,10-13,15-16H,6-9H2,1-2H3,(H,28,29,34)/t15-/m0/s1. The number of amides is 1. The number of aryl methyl sites for hydroxylation is 2. The molecule has 1 aliphatic carbocycles. The summed E-state index contributed by atoms with van der Waals surface area (Å²) in [5.41, 5.74) is 4.00. The van der Waals surface area contributed by atoms with Crippen LogP contribution in [0.15, 0.2) is 42.9 Å². The van der Waals surface area contributed by atoms with Crippen molar-refractivity contribution in [1.82, 2.24) is 29.3 Å². The van der Waals surface area contributed by atoms with Gasteiger partial charge in [-0.15, -0.1) is 10.2 Å². The Morgan fingerprint density at radius 3 is 2.85 bits per heavy atom.